The van der Waals surface area contributed by atoms with Gasteiger partial charge in [-0.3, -0.25) is 0 Å². The molecule has 0 amide bonds. The maximum atomic E-state index is 11.8. The molecule has 0 N–H and O–H groups in total. The van der Waals surface area contributed by atoms with Gasteiger partial charge >= 0.3 is 0 Å². The molecule has 1 aromatic heterocycles. The average Bonchev–Trinajstić information content (AvgIpc) is 2.43. The Bertz CT molecular complexity index is 411. The van der Waals surface area contributed by atoms with Crippen molar-refractivity contribution in [3.8, 4) is 0 Å². The zero-order chi connectivity index (χ0) is 12.5. The van der Waals surface area contributed by atoms with Crippen molar-refractivity contribution in [1.29, 1.82) is 0 Å². The second kappa shape index (κ2) is 5.40. The summed E-state index contributed by atoms with van der Waals surface area (Å²) in [6.07, 6.45) is 0. The molecule has 1 heterocycles. The number of hydrogen-bond acceptors (Lipinski definition) is 3. The Labute approximate surface area is 117 Å². The van der Waals surface area contributed by atoms with Crippen LogP contribution in [0.1, 0.15) is 32.6 Å². The third kappa shape index (κ3) is 3.74. The number of nitrogens with zero attached hydrogens (tertiary/aromatic N) is 1. The fraction of sp³-hybridized carbons (Fsp3) is 0.500. The van der Waals surface area contributed by atoms with Crippen molar-refractivity contribution in [1.82, 2.24) is 0 Å². The molecule has 1 rings (SSSR count). The first kappa shape index (κ1) is 14.5. The van der Waals surface area contributed by atoms with E-state index in [0.717, 1.165) is 8.66 Å². The molecule has 0 bridgehead atoms. The largest absolute Gasteiger partial charge is 0.591 e. The van der Waals surface area contributed by atoms with Gasteiger partial charge in [-0.15, -0.1) is 11.3 Å². The van der Waals surface area contributed by atoms with Crippen molar-refractivity contribution in [3.05, 3.63) is 19.8 Å². The summed E-state index contributed by atoms with van der Waals surface area (Å²) in [5.41, 5.74) is 0.717. The van der Waals surface area contributed by atoms with Gasteiger partial charge in [-0.2, -0.15) is 0 Å². The van der Waals surface area contributed by atoms with Gasteiger partial charge < -0.3 is 4.55 Å². The van der Waals surface area contributed by atoms with E-state index in [1.807, 2.05) is 33.8 Å². The maximum Gasteiger partial charge on any atom is 0.144 e. The van der Waals surface area contributed by atoms with Gasteiger partial charge in [0.05, 0.1) is 13.7 Å². The van der Waals surface area contributed by atoms with E-state index in [1.54, 1.807) is 0 Å². The fourth-order valence-corrected chi connectivity index (χ4v) is 3.56. The highest BCUT2D eigenvalue weighted by Gasteiger charge is 2.27. The molecule has 0 aliphatic carbocycles. The van der Waals surface area contributed by atoms with E-state index in [9.17, 15) is 4.55 Å². The van der Waals surface area contributed by atoms with Crippen LogP contribution >= 0.6 is 38.9 Å². The normalized spacial score (nSPS) is 15.3. The summed E-state index contributed by atoms with van der Waals surface area (Å²) in [6.45, 7) is 7.51. The smallest absolute Gasteiger partial charge is 0.144 e. The van der Waals surface area contributed by atoms with Gasteiger partial charge in [0.1, 0.15) is 21.8 Å². The summed E-state index contributed by atoms with van der Waals surface area (Å²) in [5.74, 6) is 0. The maximum absolute atomic E-state index is 11.8. The van der Waals surface area contributed by atoms with Gasteiger partial charge in [-0.05, 0) is 49.7 Å². The van der Waals surface area contributed by atoms with Crippen LogP contribution in [-0.2, 0) is 11.4 Å². The quantitative estimate of drug-likeness (QED) is 0.578. The first-order valence-electron chi connectivity index (χ1n) is 4.64. The van der Waals surface area contributed by atoms with Crippen LogP contribution in [0.3, 0.4) is 0 Å². The molecule has 16 heavy (non-hydrogen) atoms. The van der Waals surface area contributed by atoms with Gasteiger partial charge in [-0.25, -0.2) is 0 Å². The Morgan fingerprint density at radius 1 is 1.56 bits per heavy atom. The summed E-state index contributed by atoms with van der Waals surface area (Å²) in [5, 5.41) is 0.643. The van der Waals surface area contributed by atoms with Crippen LogP contribution in [0.25, 0.3) is 0 Å². The molecule has 1 atom stereocenters. The predicted molar refractivity (Wildman–Crippen MR) is 77.1 cm³/mol. The topological polar surface area (TPSA) is 35.4 Å². The summed E-state index contributed by atoms with van der Waals surface area (Å²) in [6, 6.07) is 1.82. The van der Waals surface area contributed by atoms with Crippen LogP contribution < -0.4 is 0 Å². The monoisotopic (exact) mass is 341 g/mol. The average molecular weight is 343 g/mol. The first-order valence-corrected chi connectivity index (χ1v) is 7.73. The van der Waals surface area contributed by atoms with Gasteiger partial charge in [0.2, 0.25) is 0 Å². The summed E-state index contributed by atoms with van der Waals surface area (Å²) in [4.78, 5) is 0.867. The lowest BCUT2D eigenvalue weighted by atomic mass is 10.3. The van der Waals surface area contributed by atoms with Crippen molar-refractivity contribution < 1.29 is 4.55 Å². The van der Waals surface area contributed by atoms with Gasteiger partial charge in [-0.1, -0.05) is 16.0 Å². The molecule has 0 saturated carbocycles. The highest BCUT2D eigenvalue weighted by atomic mass is 79.9. The predicted octanol–water partition coefficient (Wildman–Crippen LogP) is 4.44. The number of thiophene rings is 1. The summed E-state index contributed by atoms with van der Waals surface area (Å²) in [7, 11) is 0. The third-order valence-corrected chi connectivity index (χ3v) is 5.37. The van der Waals surface area contributed by atoms with E-state index < -0.39 is 11.4 Å². The molecule has 0 fully saturated rings. The van der Waals surface area contributed by atoms with Crippen molar-refractivity contribution in [3.63, 3.8) is 0 Å². The van der Waals surface area contributed by atoms with Crippen LogP contribution in [0, 0.1) is 0 Å². The molecule has 0 aliphatic rings. The van der Waals surface area contributed by atoms with Crippen LogP contribution in [0.2, 0.25) is 5.02 Å². The van der Waals surface area contributed by atoms with Gasteiger partial charge in [0.25, 0.3) is 0 Å². The second-order valence-corrected chi connectivity index (χ2v) is 9.01. The Hall–Kier alpha value is 0.450. The standard InChI is InChI=1S/C10H13BrClNOS2/c1-6(13-16(14)10(2,3)4)9-7(12)5-8(11)15-9/h5H,1-4H3/b13-6-. The molecule has 0 saturated heterocycles. The molecule has 0 spiro atoms. The van der Waals surface area contributed by atoms with Gasteiger partial charge in [0, 0.05) is 0 Å². The van der Waals surface area contributed by atoms with Crippen LogP contribution in [0.5, 0.6) is 0 Å². The minimum Gasteiger partial charge on any atom is -0.591 e. The van der Waals surface area contributed by atoms with Crippen molar-refractivity contribution >= 4 is 55.9 Å². The molecule has 0 aromatic carbocycles. The van der Waals surface area contributed by atoms with E-state index in [-0.39, 0.29) is 4.75 Å². The highest BCUT2D eigenvalue weighted by Crippen LogP contribution is 2.32. The lowest BCUT2D eigenvalue weighted by molar-refractivity contribution is 0.561. The molecule has 90 valence electrons. The summed E-state index contributed by atoms with van der Waals surface area (Å²) < 4.78 is 16.6. The van der Waals surface area contributed by atoms with E-state index in [0.29, 0.717) is 10.7 Å². The molecule has 2 nitrogen and oxygen atoms in total. The molecule has 6 heteroatoms. The van der Waals surface area contributed by atoms with E-state index >= 15 is 0 Å². The van der Waals surface area contributed by atoms with E-state index in [2.05, 4.69) is 20.3 Å². The molecular weight excluding hydrogens is 330 g/mol. The second-order valence-electron chi connectivity index (χ2n) is 4.27. The number of rotatable bonds is 2. The van der Waals surface area contributed by atoms with Crippen LogP contribution in [0.4, 0.5) is 0 Å². The van der Waals surface area contributed by atoms with E-state index in [4.69, 9.17) is 11.6 Å². The minimum absolute atomic E-state index is 0.345. The molecule has 1 aromatic rings. The fourth-order valence-electron chi connectivity index (χ4n) is 0.890. The Kier molecular flexibility index (Phi) is 4.89. The van der Waals surface area contributed by atoms with Crippen molar-refractivity contribution in [2.75, 3.05) is 0 Å². The Balaban J connectivity index is 2.98. The molecular formula is C10H13BrClNOS2. The zero-order valence-electron chi connectivity index (χ0n) is 9.51. The molecule has 0 aliphatic heterocycles. The van der Waals surface area contributed by atoms with Crippen LogP contribution in [0.15, 0.2) is 14.3 Å². The molecule has 1 unspecified atom stereocenters. The van der Waals surface area contributed by atoms with Crippen molar-refractivity contribution in [2.45, 2.75) is 32.4 Å². The Morgan fingerprint density at radius 3 is 2.50 bits per heavy atom. The Morgan fingerprint density at radius 2 is 2.12 bits per heavy atom. The third-order valence-electron chi connectivity index (χ3n) is 1.73. The highest BCUT2D eigenvalue weighted by molar-refractivity contribution is 9.11. The number of hydrogen-bond donors (Lipinski definition) is 0. The zero-order valence-corrected chi connectivity index (χ0v) is 13.5. The van der Waals surface area contributed by atoms with E-state index in [1.165, 1.54) is 11.3 Å². The van der Waals surface area contributed by atoms with Gasteiger partial charge in [0.15, 0.2) is 0 Å². The minimum atomic E-state index is -1.25. The van der Waals surface area contributed by atoms with Crippen molar-refractivity contribution in [2.24, 2.45) is 4.40 Å². The lowest BCUT2D eigenvalue weighted by Crippen LogP contribution is -2.26. The van der Waals surface area contributed by atoms with Crippen LogP contribution in [-0.4, -0.2) is 15.0 Å². The SMILES string of the molecule is C/C(=N/[S+]([O-])C(C)(C)C)c1sc(Br)cc1Cl. The lowest BCUT2D eigenvalue weighted by Gasteiger charge is -2.18. The first-order chi connectivity index (χ1) is 7.21. The molecule has 0 radical (unpaired) electrons. The summed E-state index contributed by atoms with van der Waals surface area (Å²) >= 11 is 9.65. The number of halogens is 2.